The van der Waals surface area contributed by atoms with E-state index in [-0.39, 0.29) is 0 Å². The Morgan fingerprint density at radius 3 is 2.42 bits per heavy atom. The number of esters is 1. The first-order valence-corrected chi connectivity index (χ1v) is 6.25. The molecule has 2 aromatic rings. The van der Waals surface area contributed by atoms with Gasteiger partial charge in [-0.1, -0.05) is 55.1 Å². The van der Waals surface area contributed by atoms with Crippen molar-refractivity contribution < 1.29 is 9.53 Å². The van der Waals surface area contributed by atoms with Gasteiger partial charge in [0.1, 0.15) is 5.75 Å². The maximum atomic E-state index is 11.3. The summed E-state index contributed by atoms with van der Waals surface area (Å²) in [7, 11) is 0. The van der Waals surface area contributed by atoms with Crippen LogP contribution in [0.3, 0.4) is 0 Å². The van der Waals surface area contributed by atoms with Crippen LogP contribution in [0.2, 0.25) is 0 Å². The monoisotopic (exact) mass is 252 g/mol. The van der Waals surface area contributed by atoms with Gasteiger partial charge in [0.05, 0.1) is 0 Å². The highest BCUT2D eigenvalue weighted by Gasteiger charge is 2.06. The molecule has 0 aliphatic heterocycles. The Labute approximate surface area is 113 Å². The van der Waals surface area contributed by atoms with Crippen LogP contribution in [0.5, 0.6) is 5.75 Å². The highest BCUT2D eigenvalue weighted by Crippen LogP contribution is 2.20. The second kappa shape index (κ2) is 6.55. The molecular weight excluding hydrogens is 236 g/mol. The Morgan fingerprint density at radius 2 is 1.68 bits per heavy atom. The molecule has 2 nitrogen and oxygen atoms in total. The fourth-order valence-corrected chi connectivity index (χ4v) is 1.88. The highest BCUT2D eigenvalue weighted by molar-refractivity contribution is 5.83. The van der Waals surface area contributed by atoms with Crippen molar-refractivity contribution in [1.82, 2.24) is 0 Å². The third-order valence-corrected chi connectivity index (χ3v) is 2.88. The summed E-state index contributed by atoms with van der Waals surface area (Å²) in [5, 5.41) is 0. The molecule has 0 bridgehead atoms. The first-order valence-electron chi connectivity index (χ1n) is 6.25. The van der Waals surface area contributed by atoms with E-state index in [2.05, 4.69) is 18.7 Å². The molecule has 0 amide bonds. The first kappa shape index (κ1) is 13.1. The van der Waals surface area contributed by atoms with Crippen molar-refractivity contribution in [2.45, 2.75) is 12.8 Å². The third kappa shape index (κ3) is 3.81. The second-order valence-electron chi connectivity index (χ2n) is 4.22. The summed E-state index contributed by atoms with van der Waals surface area (Å²) in [4.78, 5) is 11.3. The fourth-order valence-electron chi connectivity index (χ4n) is 1.88. The van der Waals surface area contributed by atoms with E-state index in [0.29, 0.717) is 5.75 Å². The average Bonchev–Trinajstić information content (AvgIpc) is 2.47. The number of hydrogen-bond acceptors (Lipinski definition) is 2. The summed E-state index contributed by atoms with van der Waals surface area (Å²) in [5.41, 5.74) is 2.30. The van der Waals surface area contributed by atoms with Crippen LogP contribution in [0.15, 0.2) is 67.3 Å². The molecule has 2 heteroatoms. The lowest BCUT2D eigenvalue weighted by molar-refractivity contribution is -0.129. The van der Waals surface area contributed by atoms with Crippen molar-refractivity contribution >= 4 is 5.97 Å². The van der Waals surface area contributed by atoms with Crippen molar-refractivity contribution in [1.29, 1.82) is 0 Å². The number of hydrogen-bond donors (Lipinski definition) is 0. The molecule has 0 spiro atoms. The first-order chi connectivity index (χ1) is 9.29. The zero-order valence-electron chi connectivity index (χ0n) is 10.7. The summed E-state index contributed by atoms with van der Waals surface area (Å²) >= 11 is 0. The van der Waals surface area contributed by atoms with E-state index in [0.717, 1.165) is 18.4 Å². The molecule has 2 rings (SSSR count). The quantitative estimate of drug-likeness (QED) is 0.462. The van der Waals surface area contributed by atoms with Crippen molar-refractivity contribution in [3.05, 3.63) is 78.4 Å². The van der Waals surface area contributed by atoms with Crippen LogP contribution < -0.4 is 4.74 Å². The number of ether oxygens (including phenoxy) is 1. The average molecular weight is 252 g/mol. The normalized spacial score (nSPS) is 9.89. The van der Waals surface area contributed by atoms with Gasteiger partial charge in [-0.3, -0.25) is 0 Å². The van der Waals surface area contributed by atoms with Gasteiger partial charge in [0.25, 0.3) is 0 Å². The second-order valence-corrected chi connectivity index (χ2v) is 4.22. The molecule has 0 aromatic heterocycles. The zero-order valence-corrected chi connectivity index (χ0v) is 10.7. The summed E-state index contributed by atoms with van der Waals surface area (Å²) in [6.45, 7) is 3.41. The lowest BCUT2D eigenvalue weighted by Gasteiger charge is -2.08. The van der Waals surface area contributed by atoms with Gasteiger partial charge in [-0.05, 0) is 30.0 Å². The molecular formula is C17H16O2. The Hall–Kier alpha value is -2.35. The van der Waals surface area contributed by atoms with Crippen LogP contribution >= 0.6 is 0 Å². The topological polar surface area (TPSA) is 26.3 Å². The van der Waals surface area contributed by atoms with Crippen LogP contribution in [0, 0.1) is 0 Å². The highest BCUT2D eigenvalue weighted by atomic mass is 16.5. The number of aryl methyl sites for hydroxylation is 2. The largest absolute Gasteiger partial charge is 0.423 e. The van der Waals surface area contributed by atoms with Gasteiger partial charge < -0.3 is 4.74 Å². The Balaban J connectivity index is 2.07. The number of carbonyl (C=O) groups excluding carboxylic acids is 1. The standard InChI is InChI=1S/C17H16O2/c1-2-17(18)19-16-11-7-6-10-15(16)13-12-14-8-4-3-5-9-14/h2-11H,1,12-13H2. The number of rotatable bonds is 5. The minimum Gasteiger partial charge on any atom is -0.423 e. The van der Waals surface area contributed by atoms with Crippen molar-refractivity contribution in [3.63, 3.8) is 0 Å². The van der Waals surface area contributed by atoms with Gasteiger partial charge >= 0.3 is 5.97 Å². The number of carbonyl (C=O) groups is 1. The van der Waals surface area contributed by atoms with Crippen LogP contribution in [-0.4, -0.2) is 5.97 Å². The van der Waals surface area contributed by atoms with Gasteiger partial charge in [0.2, 0.25) is 0 Å². The summed E-state index contributed by atoms with van der Waals surface area (Å²) < 4.78 is 5.23. The van der Waals surface area contributed by atoms with Gasteiger partial charge in [-0.2, -0.15) is 0 Å². The molecule has 0 unspecified atom stereocenters. The number of benzene rings is 2. The van der Waals surface area contributed by atoms with E-state index >= 15 is 0 Å². The minimum atomic E-state index is -0.424. The summed E-state index contributed by atoms with van der Waals surface area (Å²) in [5.74, 6) is 0.190. The summed E-state index contributed by atoms with van der Waals surface area (Å²) in [6.07, 6.45) is 2.93. The Bertz CT molecular complexity index is 558. The molecule has 19 heavy (non-hydrogen) atoms. The van der Waals surface area contributed by atoms with Crippen molar-refractivity contribution in [2.75, 3.05) is 0 Å². The SMILES string of the molecule is C=CC(=O)Oc1ccccc1CCc1ccccc1. The molecule has 0 aliphatic rings. The van der Waals surface area contributed by atoms with Gasteiger partial charge in [0, 0.05) is 6.08 Å². The molecule has 0 aliphatic carbocycles. The van der Waals surface area contributed by atoms with Crippen LogP contribution in [0.1, 0.15) is 11.1 Å². The van der Waals surface area contributed by atoms with Crippen LogP contribution in [0.4, 0.5) is 0 Å². The van der Waals surface area contributed by atoms with Crippen molar-refractivity contribution in [3.8, 4) is 5.75 Å². The zero-order chi connectivity index (χ0) is 13.5. The van der Waals surface area contributed by atoms with Gasteiger partial charge in [0.15, 0.2) is 0 Å². The molecule has 0 saturated carbocycles. The van der Waals surface area contributed by atoms with E-state index in [4.69, 9.17) is 4.74 Å². The number of para-hydroxylation sites is 1. The minimum absolute atomic E-state index is 0.424. The van der Waals surface area contributed by atoms with E-state index in [1.54, 1.807) is 0 Å². The smallest absolute Gasteiger partial charge is 0.335 e. The van der Waals surface area contributed by atoms with E-state index in [9.17, 15) is 4.79 Å². The molecule has 0 fully saturated rings. The van der Waals surface area contributed by atoms with Gasteiger partial charge in [-0.15, -0.1) is 0 Å². The maximum Gasteiger partial charge on any atom is 0.335 e. The molecule has 2 aromatic carbocycles. The predicted octanol–water partition coefficient (Wildman–Crippen LogP) is 3.56. The molecule has 96 valence electrons. The van der Waals surface area contributed by atoms with Crippen molar-refractivity contribution in [2.24, 2.45) is 0 Å². The molecule has 0 radical (unpaired) electrons. The van der Waals surface area contributed by atoms with Gasteiger partial charge in [-0.25, -0.2) is 4.79 Å². The Kier molecular flexibility index (Phi) is 4.51. The molecule has 0 heterocycles. The molecule has 0 N–H and O–H groups in total. The molecule has 0 atom stereocenters. The maximum absolute atomic E-state index is 11.3. The van der Waals surface area contributed by atoms with E-state index < -0.39 is 5.97 Å². The van der Waals surface area contributed by atoms with Crippen LogP contribution in [0.25, 0.3) is 0 Å². The molecule has 0 saturated heterocycles. The van der Waals surface area contributed by atoms with Crippen LogP contribution in [-0.2, 0) is 17.6 Å². The van der Waals surface area contributed by atoms with E-state index in [1.165, 1.54) is 11.6 Å². The Morgan fingerprint density at radius 1 is 1.00 bits per heavy atom. The predicted molar refractivity (Wildman–Crippen MR) is 76.1 cm³/mol. The van der Waals surface area contributed by atoms with E-state index in [1.807, 2.05) is 42.5 Å². The third-order valence-electron chi connectivity index (χ3n) is 2.88. The summed E-state index contributed by atoms with van der Waals surface area (Å²) in [6, 6.07) is 17.8. The lowest BCUT2D eigenvalue weighted by atomic mass is 10.0. The fraction of sp³-hybridized carbons (Fsp3) is 0.118. The lowest BCUT2D eigenvalue weighted by Crippen LogP contribution is -2.05.